The molecule has 0 unspecified atom stereocenters. The molecule has 3 nitrogen and oxygen atoms in total. The molecule has 3 heteroatoms. The summed E-state index contributed by atoms with van der Waals surface area (Å²) in [5.74, 6) is 0. The molecule has 0 bridgehead atoms. The minimum Gasteiger partial charge on any atom is -0.377 e. The Bertz CT molecular complexity index is 640. The van der Waals surface area contributed by atoms with E-state index in [1.807, 2.05) is 0 Å². The SMILES string of the molecule is CC(C)OCCn1cc(C2=CCNCC2)c2ccccc21. The average molecular weight is 284 g/mol. The number of nitrogens with one attached hydrogen (secondary N) is 1. The normalized spacial score (nSPS) is 15.7. The molecular weight excluding hydrogens is 260 g/mol. The van der Waals surface area contributed by atoms with Crippen molar-refractivity contribution in [3.63, 3.8) is 0 Å². The summed E-state index contributed by atoms with van der Waals surface area (Å²) in [5, 5.41) is 4.74. The first-order valence-corrected chi connectivity index (χ1v) is 7.85. The van der Waals surface area contributed by atoms with Crippen LogP contribution in [0.4, 0.5) is 0 Å². The van der Waals surface area contributed by atoms with Crippen LogP contribution in [0.25, 0.3) is 16.5 Å². The highest BCUT2D eigenvalue weighted by atomic mass is 16.5. The molecule has 2 heterocycles. The number of fused-ring (bicyclic) bond motifs is 1. The monoisotopic (exact) mass is 284 g/mol. The highest BCUT2D eigenvalue weighted by Gasteiger charge is 2.13. The summed E-state index contributed by atoms with van der Waals surface area (Å²) in [6.07, 6.45) is 6.01. The van der Waals surface area contributed by atoms with Crippen LogP contribution < -0.4 is 5.32 Å². The van der Waals surface area contributed by atoms with E-state index in [-0.39, 0.29) is 0 Å². The van der Waals surface area contributed by atoms with Crippen LogP contribution in [-0.2, 0) is 11.3 Å². The number of ether oxygens (including phenoxy) is 1. The van der Waals surface area contributed by atoms with Gasteiger partial charge in [0, 0.05) is 35.8 Å². The molecule has 0 saturated heterocycles. The molecule has 3 rings (SSSR count). The van der Waals surface area contributed by atoms with Crippen LogP contribution in [0.1, 0.15) is 25.8 Å². The highest BCUT2D eigenvalue weighted by molar-refractivity contribution is 5.93. The predicted molar refractivity (Wildman–Crippen MR) is 88.5 cm³/mol. The maximum absolute atomic E-state index is 5.70. The third-order valence-electron chi connectivity index (χ3n) is 3.98. The van der Waals surface area contributed by atoms with Crippen LogP contribution in [0, 0.1) is 0 Å². The molecule has 1 aromatic carbocycles. The van der Waals surface area contributed by atoms with Crippen molar-refractivity contribution < 1.29 is 4.74 Å². The summed E-state index contributed by atoms with van der Waals surface area (Å²) in [7, 11) is 0. The minimum atomic E-state index is 0.290. The van der Waals surface area contributed by atoms with Gasteiger partial charge in [0.2, 0.25) is 0 Å². The van der Waals surface area contributed by atoms with Crippen molar-refractivity contribution in [3.8, 4) is 0 Å². The van der Waals surface area contributed by atoms with Gasteiger partial charge in [-0.2, -0.15) is 0 Å². The molecule has 112 valence electrons. The van der Waals surface area contributed by atoms with Crippen molar-refractivity contribution in [2.24, 2.45) is 0 Å². The van der Waals surface area contributed by atoms with Gasteiger partial charge in [-0.15, -0.1) is 0 Å². The van der Waals surface area contributed by atoms with Gasteiger partial charge >= 0.3 is 0 Å². The van der Waals surface area contributed by atoms with Crippen LogP contribution in [0.3, 0.4) is 0 Å². The number of benzene rings is 1. The molecule has 0 spiro atoms. The molecule has 0 atom stereocenters. The molecule has 0 radical (unpaired) electrons. The zero-order valence-electron chi connectivity index (χ0n) is 12.9. The number of hydrogen-bond acceptors (Lipinski definition) is 2. The smallest absolute Gasteiger partial charge is 0.0649 e. The lowest BCUT2D eigenvalue weighted by molar-refractivity contribution is 0.0733. The van der Waals surface area contributed by atoms with Crippen LogP contribution in [0.2, 0.25) is 0 Å². The first-order chi connectivity index (χ1) is 10.3. The summed E-state index contributed by atoms with van der Waals surface area (Å²) in [6.45, 7) is 7.88. The maximum atomic E-state index is 5.70. The van der Waals surface area contributed by atoms with Gasteiger partial charge < -0.3 is 14.6 Å². The zero-order chi connectivity index (χ0) is 14.7. The Hall–Kier alpha value is -1.58. The van der Waals surface area contributed by atoms with Crippen LogP contribution >= 0.6 is 0 Å². The molecule has 0 saturated carbocycles. The van der Waals surface area contributed by atoms with E-state index in [1.54, 1.807) is 0 Å². The first-order valence-electron chi connectivity index (χ1n) is 7.85. The number of aromatic nitrogens is 1. The second-order valence-corrected chi connectivity index (χ2v) is 5.86. The standard InChI is InChI=1S/C18H24N2O/c1-14(2)21-12-11-20-13-17(15-7-9-19-10-8-15)16-5-3-4-6-18(16)20/h3-7,13-14,19H,8-12H2,1-2H3. The zero-order valence-corrected chi connectivity index (χ0v) is 12.9. The number of para-hydroxylation sites is 1. The maximum Gasteiger partial charge on any atom is 0.0649 e. The molecular formula is C18H24N2O. The summed E-state index contributed by atoms with van der Waals surface area (Å²) in [6, 6.07) is 8.67. The molecule has 1 aliphatic heterocycles. The minimum absolute atomic E-state index is 0.290. The van der Waals surface area contributed by atoms with Gasteiger partial charge in [0.25, 0.3) is 0 Å². The lowest BCUT2D eigenvalue weighted by Gasteiger charge is -2.13. The predicted octanol–water partition coefficient (Wildman–Crippen LogP) is 3.44. The largest absolute Gasteiger partial charge is 0.377 e. The number of nitrogens with zero attached hydrogens (tertiary/aromatic N) is 1. The van der Waals surface area contributed by atoms with Crippen LogP contribution in [0.5, 0.6) is 0 Å². The molecule has 0 fully saturated rings. The Morgan fingerprint density at radius 2 is 2.14 bits per heavy atom. The third-order valence-corrected chi connectivity index (χ3v) is 3.98. The fourth-order valence-electron chi connectivity index (χ4n) is 2.94. The fourth-order valence-corrected chi connectivity index (χ4v) is 2.94. The Balaban J connectivity index is 1.92. The summed E-state index contributed by atoms with van der Waals surface area (Å²) in [5.41, 5.74) is 4.16. The van der Waals surface area contributed by atoms with Gasteiger partial charge in [-0.3, -0.25) is 0 Å². The van der Waals surface area contributed by atoms with Crippen LogP contribution in [-0.4, -0.2) is 30.4 Å². The first kappa shape index (κ1) is 14.4. The summed E-state index contributed by atoms with van der Waals surface area (Å²) < 4.78 is 8.03. The Kier molecular flexibility index (Phi) is 4.42. The van der Waals surface area contributed by atoms with Gasteiger partial charge in [-0.25, -0.2) is 0 Å². The molecule has 0 aliphatic carbocycles. The van der Waals surface area contributed by atoms with Crippen molar-refractivity contribution in [2.75, 3.05) is 19.7 Å². The molecule has 2 aromatic rings. The van der Waals surface area contributed by atoms with E-state index in [0.717, 1.165) is 32.7 Å². The van der Waals surface area contributed by atoms with Gasteiger partial charge in [-0.1, -0.05) is 24.3 Å². The Morgan fingerprint density at radius 3 is 2.90 bits per heavy atom. The molecule has 21 heavy (non-hydrogen) atoms. The highest BCUT2D eigenvalue weighted by Crippen LogP contribution is 2.29. The molecule has 0 amide bonds. The van der Waals surface area contributed by atoms with E-state index in [2.05, 4.69) is 60.3 Å². The van der Waals surface area contributed by atoms with Crippen molar-refractivity contribution >= 4 is 16.5 Å². The second kappa shape index (κ2) is 6.46. The van der Waals surface area contributed by atoms with E-state index >= 15 is 0 Å². The lowest BCUT2D eigenvalue weighted by atomic mass is 10.00. The summed E-state index contributed by atoms with van der Waals surface area (Å²) in [4.78, 5) is 0. The van der Waals surface area contributed by atoms with E-state index in [0.29, 0.717) is 6.10 Å². The third kappa shape index (κ3) is 3.20. The second-order valence-electron chi connectivity index (χ2n) is 5.86. The van der Waals surface area contributed by atoms with Crippen molar-refractivity contribution in [1.29, 1.82) is 0 Å². The number of rotatable bonds is 5. The topological polar surface area (TPSA) is 26.2 Å². The average Bonchev–Trinajstić information content (AvgIpc) is 2.87. The lowest BCUT2D eigenvalue weighted by Crippen LogP contribution is -2.19. The van der Waals surface area contributed by atoms with Crippen molar-refractivity contribution in [3.05, 3.63) is 42.1 Å². The summed E-state index contributed by atoms with van der Waals surface area (Å²) >= 11 is 0. The quantitative estimate of drug-likeness (QED) is 0.910. The van der Waals surface area contributed by atoms with E-state index in [9.17, 15) is 0 Å². The van der Waals surface area contributed by atoms with E-state index < -0.39 is 0 Å². The van der Waals surface area contributed by atoms with Gasteiger partial charge in [-0.05, 0) is 38.5 Å². The van der Waals surface area contributed by atoms with Crippen molar-refractivity contribution in [1.82, 2.24) is 9.88 Å². The Morgan fingerprint density at radius 1 is 1.29 bits per heavy atom. The fraction of sp³-hybridized carbons (Fsp3) is 0.444. The van der Waals surface area contributed by atoms with Gasteiger partial charge in [0.05, 0.1) is 12.7 Å². The van der Waals surface area contributed by atoms with E-state index in [4.69, 9.17) is 4.74 Å². The number of hydrogen-bond donors (Lipinski definition) is 1. The van der Waals surface area contributed by atoms with Crippen molar-refractivity contribution in [2.45, 2.75) is 32.9 Å². The van der Waals surface area contributed by atoms with Crippen LogP contribution in [0.15, 0.2) is 36.5 Å². The van der Waals surface area contributed by atoms with E-state index in [1.165, 1.54) is 22.0 Å². The van der Waals surface area contributed by atoms with Gasteiger partial charge in [0.1, 0.15) is 0 Å². The van der Waals surface area contributed by atoms with Gasteiger partial charge in [0.15, 0.2) is 0 Å². The molecule has 1 N–H and O–H groups in total. The molecule has 1 aromatic heterocycles. The Labute approximate surface area is 126 Å². The molecule has 1 aliphatic rings.